The molecule has 9 heteroatoms. The van der Waals surface area contributed by atoms with Crippen molar-refractivity contribution in [3.8, 4) is 0 Å². The summed E-state index contributed by atoms with van der Waals surface area (Å²) >= 11 is 0. The highest BCUT2D eigenvalue weighted by atomic mass is 16.6. The molecule has 0 aliphatic heterocycles. The first-order valence-electron chi connectivity index (χ1n) is 9.76. The third-order valence-electron chi connectivity index (χ3n) is 4.06. The lowest BCUT2D eigenvalue weighted by Crippen LogP contribution is -2.46. The van der Waals surface area contributed by atoms with E-state index in [9.17, 15) is 19.2 Å². The van der Waals surface area contributed by atoms with Crippen LogP contribution in [0.2, 0.25) is 0 Å². The number of hydrogen-bond donors (Lipinski definition) is 4. The summed E-state index contributed by atoms with van der Waals surface area (Å²) in [5, 5.41) is 23.7. The molecule has 0 aromatic heterocycles. The van der Waals surface area contributed by atoms with Crippen molar-refractivity contribution in [1.29, 1.82) is 0 Å². The van der Waals surface area contributed by atoms with Gasteiger partial charge in [0.15, 0.2) is 0 Å². The zero-order valence-corrected chi connectivity index (χ0v) is 18.3. The Morgan fingerprint density at radius 3 is 1.28 bits per heavy atom. The molecule has 0 rings (SSSR count). The van der Waals surface area contributed by atoms with E-state index in [0.717, 1.165) is 0 Å². The summed E-state index contributed by atoms with van der Waals surface area (Å²) in [7, 11) is 0. The van der Waals surface area contributed by atoms with Crippen LogP contribution in [-0.2, 0) is 23.9 Å². The molecule has 2 atom stereocenters. The average molecular weight is 417 g/mol. The lowest BCUT2D eigenvalue weighted by atomic mass is 9.92. The van der Waals surface area contributed by atoms with Crippen LogP contribution in [0.1, 0.15) is 67.2 Å². The van der Waals surface area contributed by atoms with E-state index in [0.29, 0.717) is 25.9 Å². The van der Waals surface area contributed by atoms with Crippen molar-refractivity contribution >= 4 is 23.9 Å². The standard InChI is InChI=1S/C20H36N2O7/c1-19(2,3)7-9-21-13(11-15(23)24)17(27)29-18(28)14(12-16(25)26)22-10-8-20(4,5)6/h13-14,21-22H,7-12H2,1-6H3,(H,23,24)(H,25,26)/t13-,14-/m0/s1. The number of esters is 2. The van der Waals surface area contributed by atoms with E-state index in [-0.39, 0.29) is 10.8 Å². The number of carbonyl (C=O) groups is 4. The molecule has 0 radical (unpaired) electrons. The number of nitrogens with one attached hydrogen (secondary N) is 2. The Kier molecular flexibility index (Phi) is 11.1. The van der Waals surface area contributed by atoms with Gasteiger partial charge in [0.2, 0.25) is 0 Å². The maximum absolute atomic E-state index is 12.3. The van der Waals surface area contributed by atoms with Crippen molar-refractivity contribution in [3.05, 3.63) is 0 Å². The second-order valence-electron chi connectivity index (χ2n) is 9.57. The van der Waals surface area contributed by atoms with Crippen LogP contribution in [0, 0.1) is 10.8 Å². The zero-order valence-electron chi connectivity index (χ0n) is 18.3. The van der Waals surface area contributed by atoms with Gasteiger partial charge in [-0.25, -0.2) is 9.59 Å². The van der Waals surface area contributed by atoms with Crippen molar-refractivity contribution < 1.29 is 34.1 Å². The highest BCUT2D eigenvalue weighted by Gasteiger charge is 2.30. The molecule has 0 bridgehead atoms. The fraction of sp³-hybridized carbons (Fsp3) is 0.800. The molecule has 0 heterocycles. The molecular weight excluding hydrogens is 380 g/mol. The van der Waals surface area contributed by atoms with Gasteiger partial charge in [-0.2, -0.15) is 0 Å². The summed E-state index contributed by atoms with van der Waals surface area (Å²) in [5.41, 5.74) is -0.0475. The van der Waals surface area contributed by atoms with E-state index >= 15 is 0 Å². The smallest absolute Gasteiger partial charge is 0.331 e. The predicted octanol–water partition coefficient (Wildman–Crippen LogP) is 1.79. The number of carboxylic acid groups (broad SMARTS) is 2. The molecule has 0 amide bonds. The second kappa shape index (κ2) is 11.9. The number of aliphatic carboxylic acids is 2. The third kappa shape index (κ3) is 14.6. The maximum atomic E-state index is 12.3. The first-order chi connectivity index (χ1) is 13.1. The Bertz CT molecular complexity index is 526. The topological polar surface area (TPSA) is 142 Å². The molecule has 0 saturated heterocycles. The molecule has 0 aromatic carbocycles. The van der Waals surface area contributed by atoms with Gasteiger partial charge in [-0.3, -0.25) is 9.59 Å². The van der Waals surface area contributed by atoms with E-state index < -0.39 is 48.8 Å². The van der Waals surface area contributed by atoms with Gasteiger partial charge in [0, 0.05) is 0 Å². The van der Waals surface area contributed by atoms with Crippen molar-refractivity contribution in [3.63, 3.8) is 0 Å². The number of rotatable bonds is 12. The van der Waals surface area contributed by atoms with Crippen LogP contribution in [0.4, 0.5) is 0 Å². The van der Waals surface area contributed by atoms with Crippen LogP contribution in [-0.4, -0.2) is 59.3 Å². The van der Waals surface area contributed by atoms with Crippen molar-refractivity contribution in [2.75, 3.05) is 13.1 Å². The Hall–Kier alpha value is -2.00. The zero-order chi connectivity index (χ0) is 22.8. The van der Waals surface area contributed by atoms with Gasteiger partial charge in [0.05, 0.1) is 12.8 Å². The molecule has 4 N–H and O–H groups in total. The molecule has 168 valence electrons. The van der Waals surface area contributed by atoms with Gasteiger partial charge in [-0.15, -0.1) is 0 Å². The molecule has 0 aliphatic rings. The van der Waals surface area contributed by atoms with Gasteiger partial charge in [0.25, 0.3) is 0 Å². The fourth-order valence-corrected chi connectivity index (χ4v) is 2.31. The van der Waals surface area contributed by atoms with Gasteiger partial charge < -0.3 is 25.6 Å². The minimum absolute atomic E-state index is 0.0238. The van der Waals surface area contributed by atoms with E-state index in [4.69, 9.17) is 14.9 Å². The average Bonchev–Trinajstić information content (AvgIpc) is 2.49. The molecule has 29 heavy (non-hydrogen) atoms. The molecular formula is C20H36N2O7. The van der Waals surface area contributed by atoms with Crippen LogP contribution in [0.25, 0.3) is 0 Å². The Morgan fingerprint density at radius 2 is 1.03 bits per heavy atom. The number of carbonyl (C=O) groups excluding carboxylic acids is 2. The minimum Gasteiger partial charge on any atom is -0.481 e. The Balaban J connectivity index is 4.97. The van der Waals surface area contributed by atoms with Crippen LogP contribution >= 0.6 is 0 Å². The van der Waals surface area contributed by atoms with E-state index in [2.05, 4.69) is 10.6 Å². The molecule has 0 fully saturated rings. The van der Waals surface area contributed by atoms with Crippen LogP contribution in [0.3, 0.4) is 0 Å². The number of carboxylic acids is 2. The summed E-state index contributed by atoms with van der Waals surface area (Å²) in [6.45, 7) is 12.8. The second-order valence-corrected chi connectivity index (χ2v) is 9.57. The number of hydrogen-bond acceptors (Lipinski definition) is 7. The predicted molar refractivity (Wildman–Crippen MR) is 107 cm³/mol. The summed E-state index contributed by atoms with van der Waals surface area (Å²) in [6, 6.07) is -2.39. The Morgan fingerprint density at radius 1 is 0.724 bits per heavy atom. The summed E-state index contributed by atoms with van der Waals surface area (Å²) in [5.74, 6) is -4.49. The normalized spacial score (nSPS) is 14.1. The highest BCUT2D eigenvalue weighted by molar-refractivity contribution is 5.93. The summed E-state index contributed by atoms with van der Waals surface area (Å²) in [6.07, 6.45) is 0.273. The van der Waals surface area contributed by atoms with Crippen LogP contribution in [0.15, 0.2) is 0 Å². The highest BCUT2D eigenvalue weighted by Crippen LogP contribution is 2.18. The van der Waals surface area contributed by atoms with Gasteiger partial charge in [-0.1, -0.05) is 41.5 Å². The maximum Gasteiger partial charge on any atom is 0.331 e. The van der Waals surface area contributed by atoms with E-state index in [1.807, 2.05) is 41.5 Å². The Labute approximate surface area is 172 Å². The lowest BCUT2D eigenvalue weighted by molar-refractivity contribution is -0.165. The molecule has 0 aliphatic carbocycles. The summed E-state index contributed by atoms with van der Waals surface area (Å²) in [4.78, 5) is 46.8. The first kappa shape index (κ1) is 27.0. The molecule has 0 aromatic rings. The molecule has 0 saturated carbocycles. The van der Waals surface area contributed by atoms with E-state index in [1.165, 1.54) is 0 Å². The molecule has 0 unspecified atom stereocenters. The van der Waals surface area contributed by atoms with Crippen molar-refractivity contribution in [2.45, 2.75) is 79.3 Å². The third-order valence-corrected chi connectivity index (χ3v) is 4.06. The van der Waals surface area contributed by atoms with E-state index in [1.54, 1.807) is 0 Å². The van der Waals surface area contributed by atoms with Gasteiger partial charge in [-0.05, 0) is 36.8 Å². The fourth-order valence-electron chi connectivity index (χ4n) is 2.31. The monoisotopic (exact) mass is 416 g/mol. The SMILES string of the molecule is CC(C)(C)CCN[C@@H](CC(=O)O)C(=O)OC(=O)[C@H](CC(=O)O)NCCC(C)(C)C. The number of ether oxygens (including phenoxy) is 1. The van der Waals surface area contributed by atoms with Crippen LogP contribution < -0.4 is 10.6 Å². The summed E-state index contributed by atoms with van der Waals surface area (Å²) < 4.78 is 4.81. The quantitative estimate of drug-likeness (QED) is 0.277. The van der Waals surface area contributed by atoms with Gasteiger partial charge >= 0.3 is 23.9 Å². The first-order valence-corrected chi connectivity index (χ1v) is 9.76. The molecule has 9 nitrogen and oxygen atoms in total. The lowest BCUT2D eigenvalue weighted by Gasteiger charge is -2.23. The largest absolute Gasteiger partial charge is 0.481 e. The molecule has 0 spiro atoms. The van der Waals surface area contributed by atoms with Crippen molar-refractivity contribution in [2.24, 2.45) is 10.8 Å². The van der Waals surface area contributed by atoms with Crippen LogP contribution in [0.5, 0.6) is 0 Å². The minimum atomic E-state index is -1.21. The van der Waals surface area contributed by atoms with Crippen molar-refractivity contribution in [1.82, 2.24) is 10.6 Å². The van der Waals surface area contributed by atoms with Gasteiger partial charge in [0.1, 0.15) is 12.1 Å².